The van der Waals surface area contributed by atoms with Gasteiger partial charge < -0.3 is 0 Å². The fraction of sp³-hybridized carbons (Fsp3) is 0.0769. The van der Waals surface area contributed by atoms with E-state index in [9.17, 15) is 4.79 Å². The molecule has 16 heavy (non-hydrogen) atoms. The molecular weight excluding hydrogens is 222 g/mol. The van der Waals surface area contributed by atoms with Crippen LogP contribution in [0.25, 0.3) is 0 Å². The summed E-state index contributed by atoms with van der Waals surface area (Å²) in [5.74, 6) is 0.0289. The van der Waals surface area contributed by atoms with Crippen LogP contribution >= 0.6 is 11.6 Å². The summed E-state index contributed by atoms with van der Waals surface area (Å²) in [5.41, 5.74) is 1.31. The summed E-state index contributed by atoms with van der Waals surface area (Å²) in [4.78, 5) is 16.0. The number of hydrogen-bond donors (Lipinski definition) is 0. The molecule has 0 bridgehead atoms. The Morgan fingerprint density at radius 3 is 2.56 bits per heavy atom. The minimum absolute atomic E-state index is 0.0289. The van der Waals surface area contributed by atoms with E-state index in [0.29, 0.717) is 16.3 Å². The summed E-state index contributed by atoms with van der Waals surface area (Å²) in [6.45, 7) is 0. The van der Waals surface area contributed by atoms with Gasteiger partial charge in [-0.05, 0) is 12.1 Å². The summed E-state index contributed by atoms with van der Waals surface area (Å²) in [6, 6.07) is 12.6. The number of benzene rings is 1. The average Bonchev–Trinajstić information content (AvgIpc) is 2.33. The molecule has 2 aromatic rings. The number of rotatable bonds is 3. The molecular formula is C13H10ClNO. The first-order chi connectivity index (χ1) is 7.77. The Morgan fingerprint density at radius 1 is 1.12 bits per heavy atom. The molecule has 0 unspecified atom stereocenters. The van der Waals surface area contributed by atoms with Crippen molar-refractivity contribution in [3.05, 3.63) is 64.9 Å². The topological polar surface area (TPSA) is 30.0 Å². The van der Waals surface area contributed by atoms with E-state index in [1.165, 1.54) is 0 Å². The summed E-state index contributed by atoms with van der Waals surface area (Å²) in [7, 11) is 0. The summed E-state index contributed by atoms with van der Waals surface area (Å²) >= 11 is 5.94. The number of Topliss-reactive ketones (excluding diaryl/α,β-unsaturated/α-hetero) is 1. The molecule has 0 saturated heterocycles. The van der Waals surface area contributed by atoms with Crippen molar-refractivity contribution in [2.75, 3.05) is 0 Å². The standard InChI is InChI=1S/C13H10ClNO/c14-11-7-4-8-15-12(11)9-13(16)10-5-2-1-3-6-10/h1-8H,9H2. The van der Waals surface area contributed by atoms with Crippen molar-refractivity contribution in [2.45, 2.75) is 6.42 Å². The molecule has 0 aliphatic carbocycles. The van der Waals surface area contributed by atoms with Gasteiger partial charge in [0.2, 0.25) is 0 Å². The van der Waals surface area contributed by atoms with Gasteiger partial charge in [-0.2, -0.15) is 0 Å². The van der Waals surface area contributed by atoms with E-state index >= 15 is 0 Å². The fourth-order valence-corrected chi connectivity index (χ4v) is 1.62. The van der Waals surface area contributed by atoms with Gasteiger partial charge in [-0.25, -0.2) is 0 Å². The monoisotopic (exact) mass is 231 g/mol. The third kappa shape index (κ3) is 2.47. The van der Waals surface area contributed by atoms with E-state index in [2.05, 4.69) is 4.98 Å². The Bertz CT molecular complexity index is 496. The quantitative estimate of drug-likeness (QED) is 0.760. The maximum atomic E-state index is 11.9. The SMILES string of the molecule is O=C(Cc1ncccc1Cl)c1ccccc1. The van der Waals surface area contributed by atoms with Gasteiger partial charge in [0.05, 0.1) is 17.1 Å². The number of nitrogens with zero attached hydrogens (tertiary/aromatic N) is 1. The number of carbonyl (C=O) groups is 1. The first-order valence-corrected chi connectivity index (χ1v) is 5.33. The lowest BCUT2D eigenvalue weighted by Crippen LogP contribution is -2.05. The first kappa shape index (κ1) is 10.8. The highest BCUT2D eigenvalue weighted by Gasteiger charge is 2.09. The molecule has 80 valence electrons. The predicted octanol–water partition coefficient (Wildman–Crippen LogP) is 3.16. The normalized spacial score (nSPS) is 10.1. The third-order valence-electron chi connectivity index (χ3n) is 2.26. The maximum Gasteiger partial charge on any atom is 0.168 e. The van der Waals surface area contributed by atoms with Crippen LogP contribution in [-0.4, -0.2) is 10.8 Å². The van der Waals surface area contributed by atoms with Crippen LogP contribution in [0.4, 0.5) is 0 Å². The average molecular weight is 232 g/mol. The second-order valence-electron chi connectivity index (χ2n) is 3.40. The summed E-state index contributed by atoms with van der Waals surface area (Å²) in [6.07, 6.45) is 1.88. The highest BCUT2D eigenvalue weighted by molar-refractivity contribution is 6.31. The van der Waals surface area contributed by atoms with Crippen LogP contribution in [-0.2, 0) is 6.42 Å². The third-order valence-corrected chi connectivity index (χ3v) is 2.60. The number of carbonyl (C=O) groups excluding carboxylic acids is 1. The fourth-order valence-electron chi connectivity index (χ4n) is 1.43. The largest absolute Gasteiger partial charge is 0.294 e. The van der Waals surface area contributed by atoms with Crippen molar-refractivity contribution in [3.63, 3.8) is 0 Å². The first-order valence-electron chi connectivity index (χ1n) is 4.95. The van der Waals surface area contributed by atoms with Crippen molar-refractivity contribution in [3.8, 4) is 0 Å². The van der Waals surface area contributed by atoms with Crippen molar-refractivity contribution >= 4 is 17.4 Å². The molecule has 0 radical (unpaired) electrons. The number of hydrogen-bond acceptors (Lipinski definition) is 2. The van der Waals surface area contributed by atoms with Crippen molar-refractivity contribution < 1.29 is 4.79 Å². The Kier molecular flexibility index (Phi) is 3.32. The molecule has 0 aliphatic rings. The molecule has 2 rings (SSSR count). The zero-order valence-corrected chi connectivity index (χ0v) is 9.32. The zero-order chi connectivity index (χ0) is 11.4. The molecule has 0 amide bonds. The van der Waals surface area contributed by atoms with Crippen LogP contribution < -0.4 is 0 Å². The lowest BCUT2D eigenvalue weighted by atomic mass is 10.1. The van der Waals surface area contributed by atoms with E-state index in [4.69, 9.17) is 11.6 Å². The van der Waals surface area contributed by atoms with E-state index in [1.807, 2.05) is 18.2 Å². The second kappa shape index (κ2) is 4.90. The van der Waals surface area contributed by atoms with Gasteiger partial charge in [0, 0.05) is 11.8 Å². The van der Waals surface area contributed by atoms with Gasteiger partial charge in [0.25, 0.3) is 0 Å². The molecule has 0 fully saturated rings. The Balaban J connectivity index is 2.18. The Hall–Kier alpha value is -1.67. The smallest absolute Gasteiger partial charge is 0.168 e. The van der Waals surface area contributed by atoms with Crippen molar-refractivity contribution in [2.24, 2.45) is 0 Å². The zero-order valence-electron chi connectivity index (χ0n) is 8.56. The Morgan fingerprint density at radius 2 is 1.88 bits per heavy atom. The van der Waals surface area contributed by atoms with Gasteiger partial charge >= 0.3 is 0 Å². The van der Waals surface area contributed by atoms with Gasteiger partial charge in [0.1, 0.15) is 0 Å². The van der Waals surface area contributed by atoms with Crippen LogP contribution in [0.1, 0.15) is 16.1 Å². The molecule has 3 heteroatoms. The molecule has 1 aromatic heterocycles. The molecule has 0 atom stereocenters. The van der Waals surface area contributed by atoms with Crippen molar-refractivity contribution in [1.82, 2.24) is 4.98 Å². The van der Waals surface area contributed by atoms with E-state index in [0.717, 1.165) is 0 Å². The van der Waals surface area contributed by atoms with Gasteiger partial charge in [-0.3, -0.25) is 9.78 Å². The van der Waals surface area contributed by atoms with Crippen LogP contribution in [0.15, 0.2) is 48.7 Å². The minimum atomic E-state index is 0.0289. The molecule has 0 saturated carbocycles. The van der Waals surface area contributed by atoms with Crippen LogP contribution in [0.5, 0.6) is 0 Å². The van der Waals surface area contributed by atoms with Crippen LogP contribution in [0, 0.1) is 0 Å². The predicted molar refractivity (Wildman–Crippen MR) is 63.7 cm³/mol. The summed E-state index contributed by atoms with van der Waals surface area (Å²) < 4.78 is 0. The molecule has 0 aliphatic heterocycles. The summed E-state index contributed by atoms with van der Waals surface area (Å²) in [5, 5.41) is 0.534. The molecule has 0 spiro atoms. The van der Waals surface area contributed by atoms with E-state index in [-0.39, 0.29) is 12.2 Å². The second-order valence-corrected chi connectivity index (χ2v) is 3.81. The number of ketones is 1. The minimum Gasteiger partial charge on any atom is -0.294 e. The van der Waals surface area contributed by atoms with Crippen molar-refractivity contribution in [1.29, 1.82) is 0 Å². The lowest BCUT2D eigenvalue weighted by molar-refractivity contribution is 0.0992. The van der Waals surface area contributed by atoms with Gasteiger partial charge in [-0.15, -0.1) is 0 Å². The number of halogens is 1. The molecule has 2 nitrogen and oxygen atoms in total. The van der Waals surface area contributed by atoms with Gasteiger partial charge in [-0.1, -0.05) is 41.9 Å². The molecule has 0 N–H and O–H groups in total. The lowest BCUT2D eigenvalue weighted by Gasteiger charge is -2.02. The number of pyridine rings is 1. The van der Waals surface area contributed by atoms with Gasteiger partial charge in [0.15, 0.2) is 5.78 Å². The Labute approximate surface area is 98.9 Å². The highest BCUT2D eigenvalue weighted by Crippen LogP contribution is 2.14. The van der Waals surface area contributed by atoms with E-state index < -0.39 is 0 Å². The molecule has 1 heterocycles. The van der Waals surface area contributed by atoms with Crippen LogP contribution in [0.2, 0.25) is 5.02 Å². The maximum absolute atomic E-state index is 11.9. The highest BCUT2D eigenvalue weighted by atomic mass is 35.5. The van der Waals surface area contributed by atoms with E-state index in [1.54, 1.807) is 30.5 Å². The molecule has 1 aromatic carbocycles. The van der Waals surface area contributed by atoms with Crippen LogP contribution in [0.3, 0.4) is 0 Å². The number of aromatic nitrogens is 1.